The van der Waals surface area contributed by atoms with E-state index in [4.69, 9.17) is 16.3 Å². The van der Waals surface area contributed by atoms with Crippen molar-refractivity contribution in [2.24, 2.45) is 0 Å². The van der Waals surface area contributed by atoms with Gasteiger partial charge in [0.05, 0.1) is 17.6 Å². The van der Waals surface area contributed by atoms with Gasteiger partial charge in [0, 0.05) is 18.1 Å². The van der Waals surface area contributed by atoms with Gasteiger partial charge in [0.15, 0.2) is 0 Å². The summed E-state index contributed by atoms with van der Waals surface area (Å²) >= 11 is 5.91. The van der Waals surface area contributed by atoms with Crippen LogP contribution < -0.4 is 0 Å². The van der Waals surface area contributed by atoms with Crippen LogP contribution in [0, 0.1) is 0 Å². The van der Waals surface area contributed by atoms with Gasteiger partial charge in [-0.2, -0.15) is 4.31 Å². The van der Waals surface area contributed by atoms with Crippen molar-refractivity contribution in [2.75, 3.05) is 19.7 Å². The highest BCUT2D eigenvalue weighted by molar-refractivity contribution is 7.89. The van der Waals surface area contributed by atoms with E-state index >= 15 is 0 Å². The zero-order valence-corrected chi connectivity index (χ0v) is 13.4. The van der Waals surface area contributed by atoms with Gasteiger partial charge < -0.3 is 4.74 Å². The molecule has 0 aromatic heterocycles. The van der Waals surface area contributed by atoms with Crippen LogP contribution in [0.25, 0.3) is 0 Å². The Morgan fingerprint density at radius 1 is 1.09 bits per heavy atom. The summed E-state index contributed by atoms with van der Waals surface area (Å²) in [6.45, 7) is 1.02. The van der Waals surface area contributed by atoms with E-state index in [2.05, 4.69) is 0 Å². The Morgan fingerprint density at radius 3 is 2.59 bits per heavy atom. The number of ether oxygens (including phenoxy) is 1. The van der Waals surface area contributed by atoms with Crippen molar-refractivity contribution < 1.29 is 13.2 Å². The van der Waals surface area contributed by atoms with Gasteiger partial charge in [-0.25, -0.2) is 8.42 Å². The Labute approximate surface area is 135 Å². The third kappa shape index (κ3) is 3.17. The number of benzene rings is 2. The Kier molecular flexibility index (Phi) is 4.49. The molecule has 0 bridgehead atoms. The summed E-state index contributed by atoms with van der Waals surface area (Å²) in [4.78, 5) is 0.216. The number of nitrogens with zero attached hydrogens (tertiary/aromatic N) is 1. The third-order valence-corrected chi connectivity index (χ3v) is 5.73. The molecule has 0 unspecified atom stereocenters. The minimum absolute atomic E-state index is 0.216. The van der Waals surface area contributed by atoms with Crippen LogP contribution in [0.4, 0.5) is 0 Å². The Morgan fingerprint density at radius 2 is 1.86 bits per heavy atom. The van der Waals surface area contributed by atoms with Crippen molar-refractivity contribution in [1.82, 2.24) is 4.31 Å². The smallest absolute Gasteiger partial charge is 0.243 e. The van der Waals surface area contributed by atoms with Crippen molar-refractivity contribution in [2.45, 2.75) is 11.0 Å². The van der Waals surface area contributed by atoms with Crippen molar-refractivity contribution >= 4 is 21.6 Å². The molecule has 1 saturated heterocycles. The second kappa shape index (κ2) is 6.38. The van der Waals surface area contributed by atoms with E-state index in [-0.39, 0.29) is 11.0 Å². The zero-order valence-electron chi connectivity index (χ0n) is 11.9. The highest BCUT2D eigenvalue weighted by atomic mass is 35.5. The Balaban J connectivity index is 1.85. The summed E-state index contributed by atoms with van der Waals surface area (Å²) in [5, 5.41) is 0.411. The van der Waals surface area contributed by atoms with Crippen LogP contribution in [0.1, 0.15) is 11.7 Å². The van der Waals surface area contributed by atoms with E-state index in [0.717, 1.165) is 5.56 Å². The number of morpholine rings is 1. The summed E-state index contributed by atoms with van der Waals surface area (Å²) in [6.07, 6.45) is -0.246. The summed E-state index contributed by atoms with van der Waals surface area (Å²) in [5.41, 5.74) is 0.980. The van der Waals surface area contributed by atoms with Crippen LogP contribution in [-0.2, 0) is 14.8 Å². The molecule has 2 aromatic rings. The maximum absolute atomic E-state index is 12.7. The van der Waals surface area contributed by atoms with Crippen molar-refractivity contribution in [3.05, 3.63) is 65.2 Å². The maximum atomic E-state index is 12.7. The Bertz CT molecular complexity index is 749. The highest BCUT2D eigenvalue weighted by Crippen LogP contribution is 2.27. The Hall–Kier alpha value is -1.40. The van der Waals surface area contributed by atoms with Crippen LogP contribution in [0.3, 0.4) is 0 Å². The highest BCUT2D eigenvalue weighted by Gasteiger charge is 2.31. The van der Waals surface area contributed by atoms with Gasteiger partial charge >= 0.3 is 0 Å². The van der Waals surface area contributed by atoms with Crippen molar-refractivity contribution in [3.63, 3.8) is 0 Å². The number of halogens is 1. The summed E-state index contributed by atoms with van der Waals surface area (Å²) in [7, 11) is -3.56. The molecular formula is C16H16ClNO3S. The molecule has 1 aliphatic rings. The molecule has 0 N–H and O–H groups in total. The molecule has 6 heteroatoms. The van der Waals surface area contributed by atoms with Gasteiger partial charge in [-0.1, -0.05) is 48.0 Å². The maximum Gasteiger partial charge on any atom is 0.243 e. The lowest BCUT2D eigenvalue weighted by Gasteiger charge is -2.32. The van der Waals surface area contributed by atoms with E-state index in [0.29, 0.717) is 24.7 Å². The lowest BCUT2D eigenvalue weighted by molar-refractivity contribution is -0.00255. The molecule has 1 fully saturated rings. The molecule has 1 atom stereocenters. The molecule has 1 heterocycles. The van der Waals surface area contributed by atoms with Crippen LogP contribution in [0.15, 0.2) is 59.5 Å². The molecular weight excluding hydrogens is 322 g/mol. The molecule has 0 amide bonds. The fraction of sp³-hybridized carbons (Fsp3) is 0.250. The molecule has 0 radical (unpaired) electrons. The number of sulfonamides is 1. The van der Waals surface area contributed by atoms with E-state index in [1.807, 2.05) is 30.3 Å². The van der Waals surface area contributed by atoms with Crippen molar-refractivity contribution in [3.8, 4) is 0 Å². The molecule has 2 aromatic carbocycles. The summed E-state index contributed by atoms with van der Waals surface area (Å²) < 4.78 is 32.6. The minimum Gasteiger partial charge on any atom is -0.371 e. The first kappa shape index (κ1) is 15.5. The fourth-order valence-corrected chi connectivity index (χ4v) is 4.22. The molecule has 4 nitrogen and oxygen atoms in total. The lowest BCUT2D eigenvalue weighted by atomic mass is 10.1. The normalized spacial score (nSPS) is 20.0. The van der Waals surface area contributed by atoms with E-state index < -0.39 is 10.0 Å². The second-order valence-corrected chi connectivity index (χ2v) is 7.46. The van der Waals surface area contributed by atoms with Gasteiger partial charge in [-0.05, 0) is 23.8 Å². The molecule has 1 aliphatic heterocycles. The largest absolute Gasteiger partial charge is 0.371 e. The fourth-order valence-electron chi connectivity index (χ4n) is 2.49. The first-order valence-corrected chi connectivity index (χ1v) is 8.81. The van der Waals surface area contributed by atoms with Crippen molar-refractivity contribution in [1.29, 1.82) is 0 Å². The predicted molar refractivity (Wildman–Crippen MR) is 85.3 cm³/mol. The molecule has 22 heavy (non-hydrogen) atoms. The monoisotopic (exact) mass is 337 g/mol. The van der Waals surface area contributed by atoms with E-state index in [1.54, 1.807) is 18.2 Å². The SMILES string of the molecule is O=S(=O)(c1cccc(Cl)c1)N1CCO[C@@H](c2ccccc2)C1. The topological polar surface area (TPSA) is 46.6 Å². The quantitative estimate of drug-likeness (QED) is 0.864. The predicted octanol–water partition coefficient (Wildman–Crippen LogP) is 3.10. The number of rotatable bonds is 3. The van der Waals surface area contributed by atoms with Gasteiger partial charge in [0.2, 0.25) is 10.0 Å². The minimum atomic E-state index is -3.56. The first-order chi connectivity index (χ1) is 10.6. The average molecular weight is 338 g/mol. The second-order valence-electron chi connectivity index (χ2n) is 5.09. The number of hydrogen-bond donors (Lipinski definition) is 0. The van der Waals surface area contributed by atoms with Gasteiger partial charge in [0.1, 0.15) is 0 Å². The summed E-state index contributed by atoms with van der Waals surface area (Å²) in [6, 6.07) is 16.0. The average Bonchev–Trinajstić information content (AvgIpc) is 2.56. The molecule has 116 valence electrons. The number of hydrogen-bond acceptors (Lipinski definition) is 3. The molecule has 0 aliphatic carbocycles. The summed E-state index contributed by atoms with van der Waals surface area (Å²) in [5.74, 6) is 0. The van der Waals surface area contributed by atoms with Crippen LogP contribution in [-0.4, -0.2) is 32.4 Å². The lowest BCUT2D eigenvalue weighted by Crippen LogP contribution is -2.42. The van der Waals surface area contributed by atoms with E-state index in [1.165, 1.54) is 10.4 Å². The van der Waals surface area contributed by atoms with Gasteiger partial charge in [-0.15, -0.1) is 0 Å². The standard InChI is InChI=1S/C16H16ClNO3S/c17-14-7-4-8-15(11-14)22(19,20)18-9-10-21-16(12-18)13-5-2-1-3-6-13/h1-8,11,16H,9-10,12H2/t16-/m1/s1. The van der Waals surface area contributed by atoms with Crippen LogP contribution in [0.2, 0.25) is 5.02 Å². The van der Waals surface area contributed by atoms with Gasteiger partial charge in [-0.3, -0.25) is 0 Å². The first-order valence-electron chi connectivity index (χ1n) is 6.99. The van der Waals surface area contributed by atoms with Gasteiger partial charge in [0.25, 0.3) is 0 Å². The van der Waals surface area contributed by atoms with Crippen LogP contribution in [0.5, 0.6) is 0 Å². The van der Waals surface area contributed by atoms with E-state index in [9.17, 15) is 8.42 Å². The molecule has 0 spiro atoms. The van der Waals surface area contributed by atoms with Crippen LogP contribution >= 0.6 is 11.6 Å². The zero-order chi connectivity index (χ0) is 15.6. The third-order valence-electron chi connectivity index (χ3n) is 3.63. The molecule has 3 rings (SSSR count). The molecule has 0 saturated carbocycles.